The van der Waals surface area contributed by atoms with E-state index in [4.69, 9.17) is 4.42 Å². The maximum absolute atomic E-state index is 13.7. The van der Waals surface area contributed by atoms with E-state index in [1.807, 2.05) is 25.1 Å². The van der Waals surface area contributed by atoms with Gasteiger partial charge in [-0.3, -0.25) is 0 Å². The third-order valence-electron chi connectivity index (χ3n) is 2.70. The van der Waals surface area contributed by atoms with Crippen LogP contribution < -0.4 is 0 Å². The number of aryl methyl sites for hydroxylation is 1. The van der Waals surface area contributed by atoms with E-state index in [1.165, 1.54) is 0 Å². The largest absolute Gasteiger partial charge is 0.440 e. The molecule has 17 heavy (non-hydrogen) atoms. The number of hydrogen-bond donors (Lipinski definition) is 0. The first-order valence-corrected chi connectivity index (χ1v) is 5.63. The minimum atomic E-state index is -0.565. The van der Waals surface area contributed by atoms with Gasteiger partial charge in [0.05, 0.1) is 5.52 Å². The molecule has 2 heterocycles. The van der Waals surface area contributed by atoms with Crippen LogP contribution in [0.3, 0.4) is 0 Å². The number of fused-ring (bicyclic) bond motifs is 3. The van der Waals surface area contributed by atoms with Crippen molar-refractivity contribution in [1.82, 2.24) is 9.97 Å². The maximum atomic E-state index is 13.7. The van der Waals surface area contributed by atoms with Crippen molar-refractivity contribution >= 4 is 22.0 Å². The number of rotatable bonds is 2. The van der Waals surface area contributed by atoms with Gasteiger partial charge < -0.3 is 4.42 Å². The van der Waals surface area contributed by atoms with Crippen molar-refractivity contribution in [3.8, 4) is 0 Å². The number of pyridine rings is 1. The molecule has 1 aromatic carbocycles. The highest BCUT2D eigenvalue weighted by molar-refractivity contribution is 6.00. The molecule has 0 saturated carbocycles. The van der Waals surface area contributed by atoms with Gasteiger partial charge in [0.1, 0.15) is 0 Å². The van der Waals surface area contributed by atoms with Crippen molar-refractivity contribution in [2.45, 2.75) is 19.8 Å². The normalized spacial score (nSPS) is 11.4. The quantitative estimate of drug-likeness (QED) is 0.633. The second-order valence-corrected chi connectivity index (χ2v) is 3.96. The first-order chi connectivity index (χ1) is 8.29. The highest BCUT2D eigenvalue weighted by Gasteiger charge is 2.14. The third kappa shape index (κ3) is 1.56. The average molecular weight is 230 g/mol. The number of halogens is 1. The molecule has 0 unspecified atom stereocenters. The van der Waals surface area contributed by atoms with Crippen LogP contribution in [-0.4, -0.2) is 9.97 Å². The van der Waals surface area contributed by atoms with Crippen LogP contribution in [0.4, 0.5) is 4.39 Å². The van der Waals surface area contributed by atoms with E-state index in [-0.39, 0.29) is 5.52 Å². The molecule has 0 bridgehead atoms. The van der Waals surface area contributed by atoms with Gasteiger partial charge in [0.15, 0.2) is 17.0 Å². The van der Waals surface area contributed by atoms with Gasteiger partial charge in [0.2, 0.25) is 5.95 Å². The molecule has 0 amide bonds. The standard InChI is InChI=1S/C13H11FN2O/c1-2-5-10-16-11-12(17-10)8-6-3-4-7-9(8)15-13(11)14/h3-4,6-7H,2,5H2,1H3. The van der Waals surface area contributed by atoms with Crippen LogP contribution in [0.2, 0.25) is 0 Å². The van der Waals surface area contributed by atoms with E-state index in [1.54, 1.807) is 6.07 Å². The lowest BCUT2D eigenvalue weighted by Gasteiger charge is -1.96. The first-order valence-electron chi connectivity index (χ1n) is 5.63. The number of aromatic nitrogens is 2. The fourth-order valence-corrected chi connectivity index (χ4v) is 1.93. The summed E-state index contributed by atoms with van der Waals surface area (Å²) in [5.74, 6) is 0.00403. The molecule has 3 aromatic rings. The van der Waals surface area contributed by atoms with E-state index in [0.717, 1.165) is 11.8 Å². The van der Waals surface area contributed by atoms with Crippen molar-refractivity contribution in [2.75, 3.05) is 0 Å². The summed E-state index contributed by atoms with van der Waals surface area (Å²) in [4.78, 5) is 8.04. The highest BCUT2D eigenvalue weighted by atomic mass is 19.1. The molecular weight excluding hydrogens is 219 g/mol. The molecule has 0 aliphatic rings. The summed E-state index contributed by atoms with van der Waals surface area (Å²) in [6.45, 7) is 2.03. The van der Waals surface area contributed by atoms with Crippen LogP contribution in [0.15, 0.2) is 28.7 Å². The molecule has 3 nitrogen and oxygen atoms in total. The Hall–Kier alpha value is -1.97. The molecule has 0 fully saturated rings. The topological polar surface area (TPSA) is 38.9 Å². The minimum Gasteiger partial charge on any atom is -0.440 e. The average Bonchev–Trinajstić information content (AvgIpc) is 2.74. The van der Waals surface area contributed by atoms with E-state index in [0.29, 0.717) is 23.4 Å². The lowest BCUT2D eigenvalue weighted by atomic mass is 10.2. The Morgan fingerprint density at radius 1 is 1.24 bits per heavy atom. The minimum absolute atomic E-state index is 0.229. The van der Waals surface area contributed by atoms with Gasteiger partial charge in [-0.2, -0.15) is 4.39 Å². The van der Waals surface area contributed by atoms with Crippen molar-refractivity contribution in [3.63, 3.8) is 0 Å². The summed E-state index contributed by atoms with van der Waals surface area (Å²) in [5.41, 5.74) is 1.32. The SMILES string of the molecule is CCCc1nc2c(F)nc3ccccc3c2o1. The smallest absolute Gasteiger partial charge is 0.243 e. The van der Waals surface area contributed by atoms with Gasteiger partial charge in [-0.15, -0.1) is 0 Å². The van der Waals surface area contributed by atoms with Crippen molar-refractivity contribution in [3.05, 3.63) is 36.1 Å². The maximum Gasteiger partial charge on any atom is 0.243 e. The van der Waals surface area contributed by atoms with Crippen LogP contribution in [0.5, 0.6) is 0 Å². The van der Waals surface area contributed by atoms with E-state index >= 15 is 0 Å². The Morgan fingerprint density at radius 3 is 2.88 bits per heavy atom. The molecule has 86 valence electrons. The molecular formula is C13H11FN2O. The molecule has 0 aliphatic carbocycles. The second-order valence-electron chi connectivity index (χ2n) is 3.96. The lowest BCUT2D eigenvalue weighted by Crippen LogP contribution is -1.87. The van der Waals surface area contributed by atoms with Gasteiger partial charge in [0, 0.05) is 11.8 Å². The first kappa shape index (κ1) is 10.2. The number of oxazole rings is 1. The van der Waals surface area contributed by atoms with Crippen LogP contribution >= 0.6 is 0 Å². The molecule has 0 N–H and O–H groups in total. The van der Waals surface area contributed by atoms with E-state index < -0.39 is 5.95 Å². The van der Waals surface area contributed by atoms with Gasteiger partial charge in [-0.25, -0.2) is 9.97 Å². The number of para-hydroxylation sites is 1. The molecule has 2 aromatic heterocycles. The summed E-state index contributed by atoms with van der Waals surface area (Å²) < 4.78 is 19.3. The van der Waals surface area contributed by atoms with Crippen LogP contribution in [0, 0.1) is 5.95 Å². The number of benzene rings is 1. The highest BCUT2D eigenvalue weighted by Crippen LogP contribution is 2.26. The Labute approximate surface area is 97.3 Å². The van der Waals surface area contributed by atoms with E-state index in [9.17, 15) is 4.39 Å². The third-order valence-corrected chi connectivity index (χ3v) is 2.70. The Kier molecular flexibility index (Phi) is 2.28. The predicted octanol–water partition coefficient (Wildman–Crippen LogP) is 3.47. The molecule has 0 atom stereocenters. The predicted molar refractivity (Wildman–Crippen MR) is 63.3 cm³/mol. The fraction of sp³-hybridized carbons (Fsp3) is 0.231. The summed E-state index contributed by atoms with van der Waals surface area (Å²) in [7, 11) is 0. The van der Waals surface area contributed by atoms with Gasteiger partial charge >= 0.3 is 0 Å². The molecule has 3 rings (SSSR count). The Balaban J connectivity index is 2.39. The van der Waals surface area contributed by atoms with Gasteiger partial charge in [-0.1, -0.05) is 19.1 Å². The van der Waals surface area contributed by atoms with Crippen LogP contribution in [0.25, 0.3) is 22.0 Å². The molecule has 0 spiro atoms. The van der Waals surface area contributed by atoms with Crippen LogP contribution in [-0.2, 0) is 6.42 Å². The molecule has 0 saturated heterocycles. The fourth-order valence-electron chi connectivity index (χ4n) is 1.93. The Bertz CT molecular complexity index is 690. The zero-order chi connectivity index (χ0) is 11.8. The summed E-state index contributed by atoms with van der Waals surface area (Å²) >= 11 is 0. The number of nitrogens with zero attached hydrogens (tertiary/aromatic N) is 2. The van der Waals surface area contributed by atoms with E-state index in [2.05, 4.69) is 9.97 Å². The van der Waals surface area contributed by atoms with Gasteiger partial charge in [-0.05, 0) is 18.6 Å². The molecule has 4 heteroatoms. The zero-order valence-electron chi connectivity index (χ0n) is 9.40. The van der Waals surface area contributed by atoms with Crippen molar-refractivity contribution < 1.29 is 8.81 Å². The van der Waals surface area contributed by atoms with Crippen molar-refractivity contribution in [1.29, 1.82) is 0 Å². The summed E-state index contributed by atoms with van der Waals surface area (Å²) in [6.07, 6.45) is 1.63. The van der Waals surface area contributed by atoms with Crippen LogP contribution in [0.1, 0.15) is 19.2 Å². The zero-order valence-corrected chi connectivity index (χ0v) is 9.40. The van der Waals surface area contributed by atoms with Gasteiger partial charge in [0.25, 0.3) is 0 Å². The van der Waals surface area contributed by atoms with Crippen molar-refractivity contribution in [2.24, 2.45) is 0 Å². The monoisotopic (exact) mass is 230 g/mol. The molecule has 0 aliphatic heterocycles. The number of hydrogen-bond acceptors (Lipinski definition) is 3. The second kappa shape index (κ2) is 3.80. The Morgan fingerprint density at radius 2 is 2.06 bits per heavy atom. The summed E-state index contributed by atoms with van der Waals surface area (Å²) in [6, 6.07) is 7.33. The molecule has 0 radical (unpaired) electrons. The lowest BCUT2D eigenvalue weighted by molar-refractivity contribution is 0.527. The summed E-state index contributed by atoms with van der Waals surface area (Å²) in [5, 5.41) is 0.804.